The molecule has 0 heterocycles. The second-order valence-corrected chi connectivity index (χ2v) is 4.73. The number of carboxylic acid groups (broad SMARTS) is 1. The fourth-order valence-corrected chi connectivity index (χ4v) is 1.93. The van der Waals surface area contributed by atoms with Gasteiger partial charge in [0.1, 0.15) is 0 Å². The normalized spacial score (nSPS) is 14.3. The Morgan fingerprint density at radius 3 is 2.35 bits per heavy atom. The molecular weight excluding hydrogens is 234 g/mol. The van der Waals surface area contributed by atoms with Gasteiger partial charge >= 0.3 is 5.97 Å². The van der Waals surface area contributed by atoms with Crippen LogP contribution in [0.3, 0.4) is 0 Å². The van der Waals surface area contributed by atoms with Crippen LogP contribution in [0.4, 0.5) is 0 Å². The Balaban J connectivity index is 2.49. The van der Waals surface area contributed by atoms with Gasteiger partial charge in [0.05, 0.1) is 5.92 Å². The SMILES string of the molecule is C[C@@H](C[C@@H](N)Cc1ccc(CS)cc1)C(=O)O. The highest BCUT2D eigenvalue weighted by Gasteiger charge is 2.15. The Hall–Kier alpha value is -1.00. The summed E-state index contributed by atoms with van der Waals surface area (Å²) >= 11 is 4.19. The monoisotopic (exact) mass is 253 g/mol. The maximum Gasteiger partial charge on any atom is 0.306 e. The fraction of sp³-hybridized carbons (Fsp3) is 0.462. The van der Waals surface area contributed by atoms with Gasteiger partial charge in [0.15, 0.2) is 0 Å². The molecule has 0 saturated carbocycles. The van der Waals surface area contributed by atoms with Crippen LogP contribution in [0.15, 0.2) is 24.3 Å². The molecule has 3 nitrogen and oxygen atoms in total. The van der Waals surface area contributed by atoms with Crippen molar-refractivity contribution in [1.82, 2.24) is 0 Å². The number of hydrogen-bond donors (Lipinski definition) is 3. The molecule has 4 heteroatoms. The maximum absolute atomic E-state index is 10.7. The number of benzene rings is 1. The van der Waals surface area contributed by atoms with Crippen LogP contribution in [0.5, 0.6) is 0 Å². The van der Waals surface area contributed by atoms with Crippen LogP contribution >= 0.6 is 12.6 Å². The minimum Gasteiger partial charge on any atom is -0.481 e. The summed E-state index contributed by atoms with van der Waals surface area (Å²) in [5.41, 5.74) is 8.25. The number of rotatable bonds is 6. The Morgan fingerprint density at radius 1 is 1.35 bits per heavy atom. The highest BCUT2D eigenvalue weighted by molar-refractivity contribution is 7.79. The van der Waals surface area contributed by atoms with E-state index in [1.54, 1.807) is 6.92 Å². The molecule has 1 aromatic rings. The first-order valence-electron chi connectivity index (χ1n) is 5.70. The van der Waals surface area contributed by atoms with Crippen molar-refractivity contribution >= 4 is 18.6 Å². The molecular formula is C13H19NO2S. The maximum atomic E-state index is 10.7. The predicted molar refractivity (Wildman–Crippen MR) is 72.2 cm³/mol. The molecule has 17 heavy (non-hydrogen) atoms. The Bertz CT molecular complexity index is 364. The van der Waals surface area contributed by atoms with E-state index in [0.29, 0.717) is 12.8 Å². The first-order valence-corrected chi connectivity index (χ1v) is 6.33. The van der Waals surface area contributed by atoms with Gasteiger partial charge in [-0.25, -0.2) is 0 Å². The molecule has 2 atom stereocenters. The van der Waals surface area contributed by atoms with Gasteiger partial charge in [-0.15, -0.1) is 0 Å². The first-order chi connectivity index (χ1) is 8.02. The number of carbonyl (C=O) groups is 1. The number of hydrogen-bond acceptors (Lipinski definition) is 3. The minimum absolute atomic E-state index is 0.108. The van der Waals surface area contributed by atoms with Crippen LogP contribution in [0.25, 0.3) is 0 Å². The molecule has 0 saturated heterocycles. The van der Waals surface area contributed by atoms with Crippen molar-refractivity contribution in [3.8, 4) is 0 Å². The average molecular weight is 253 g/mol. The molecule has 0 aliphatic rings. The van der Waals surface area contributed by atoms with Gasteiger partial charge in [0, 0.05) is 11.8 Å². The van der Waals surface area contributed by atoms with E-state index in [-0.39, 0.29) is 12.0 Å². The fourth-order valence-electron chi connectivity index (χ4n) is 1.72. The third-order valence-electron chi connectivity index (χ3n) is 2.78. The zero-order valence-corrected chi connectivity index (χ0v) is 10.9. The highest BCUT2D eigenvalue weighted by Crippen LogP contribution is 2.12. The van der Waals surface area contributed by atoms with Crippen LogP contribution in [0.2, 0.25) is 0 Å². The van der Waals surface area contributed by atoms with E-state index in [1.807, 2.05) is 24.3 Å². The van der Waals surface area contributed by atoms with Crippen molar-refractivity contribution in [3.63, 3.8) is 0 Å². The number of thiol groups is 1. The highest BCUT2D eigenvalue weighted by atomic mass is 32.1. The van der Waals surface area contributed by atoms with Crippen LogP contribution in [0.1, 0.15) is 24.5 Å². The van der Waals surface area contributed by atoms with Crippen LogP contribution in [-0.2, 0) is 17.0 Å². The quantitative estimate of drug-likeness (QED) is 0.680. The molecule has 0 spiro atoms. The molecule has 0 bridgehead atoms. The van der Waals surface area contributed by atoms with Gasteiger partial charge in [0.25, 0.3) is 0 Å². The number of carboxylic acids is 1. The summed E-state index contributed by atoms with van der Waals surface area (Å²) in [5.74, 6) is -0.449. The number of nitrogens with two attached hydrogens (primary N) is 1. The lowest BCUT2D eigenvalue weighted by atomic mass is 9.96. The average Bonchev–Trinajstić information content (AvgIpc) is 2.29. The largest absolute Gasteiger partial charge is 0.481 e. The van der Waals surface area contributed by atoms with Crippen molar-refractivity contribution in [2.45, 2.75) is 31.6 Å². The molecule has 0 amide bonds. The van der Waals surface area contributed by atoms with E-state index in [0.717, 1.165) is 11.3 Å². The third-order valence-corrected chi connectivity index (χ3v) is 3.15. The van der Waals surface area contributed by atoms with Gasteiger partial charge < -0.3 is 10.8 Å². The predicted octanol–water partition coefficient (Wildman–Crippen LogP) is 2.10. The van der Waals surface area contributed by atoms with Crippen molar-refractivity contribution in [2.24, 2.45) is 11.7 Å². The lowest BCUT2D eigenvalue weighted by Gasteiger charge is -2.14. The second kappa shape index (κ2) is 6.67. The zero-order valence-electron chi connectivity index (χ0n) is 9.97. The molecule has 1 aromatic carbocycles. The van der Waals surface area contributed by atoms with E-state index >= 15 is 0 Å². The molecule has 0 unspecified atom stereocenters. The van der Waals surface area contributed by atoms with Gasteiger partial charge in [-0.3, -0.25) is 4.79 Å². The molecule has 0 aliphatic carbocycles. The molecule has 0 aliphatic heterocycles. The van der Waals surface area contributed by atoms with E-state index in [9.17, 15) is 4.79 Å². The Kier molecular flexibility index (Phi) is 5.51. The Labute approximate surface area is 107 Å². The smallest absolute Gasteiger partial charge is 0.306 e. The van der Waals surface area contributed by atoms with E-state index in [4.69, 9.17) is 10.8 Å². The molecule has 1 rings (SSSR count). The van der Waals surface area contributed by atoms with Gasteiger partial charge in [-0.1, -0.05) is 31.2 Å². The summed E-state index contributed by atoms with van der Waals surface area (Å²) < 4.78 is 0. The standard InChI is InChI=1S/C13H19NO2S/c1-9(13(15)16)6-12(14)7-10-2-4-11(8-17)5-3-10/h2-5,9,12,17H,6-8,14H2,1H3,(H,15,16)/t9-,12+/m0/s1. The molecule has 0 radical (unpaired) electrons. The van der Waals surface area contributed by atoms with Crippen LogP contribution in [-0.4, -0.2) is 17.1 Å². The summed E-state index contributed by atoms with van der Waals surface area (Å²) in [5, 5.41) is 8.80. The molecule has 0 fully saturated rings. The lowest BCUT2D eigenvalue weighted by molar-refractivity contribution is -0.141. The summed E-state index contributed by atoms with van der Waals surface area (Å²) in [6.45, 7) is 1.69. The summed E-state index contributed by atoms with van der Waals surface area (Å²) in [6, 6.07) is 7.99. The van der Waals surface area contributed by atoms with E-state index < -0.39 is 5.97 Å². The second-order valence-electron chi connectivity index (χ2n) is 4.41. The van der Waals surface area contributed by atoms with Crippen molar-refractivity contribution in [3.05, 3.63) is 35.4 Å². The zero-order chi connectivity index (χ0) is 12.8. The molecule has 3 N–H and O–H groups in total. The van der Waals surface area contributed by atoms with Gasteiger partial charge in [-0.05, 0) is 24.0 Å². The summed E-state index contributed by atoms with van der Waals surface area (Å²) in [4.78, 5) is 10.7. The van der Waals surface area contributed by atoms with Crippen LogP contribution in [0, 0.1) is 5.92 Å². The molecule has 0 aromatic heterocycles. The van der Waals surface area contributed by atoms with Gasteiger partial charge in [-0.2, -0.15) is 12.6 Å². The van der Waals surface area contributed by atoms with E-state index in [1.165, 1.54) is 5.56 Å². The Morgan fingerprint density at radius 2 is 1.88 bits per heavy atom. The van der Waals surface area contributed by atoms with Crippen molar-refractivity contribution < 1.29 is 9.90 Å². The van der Waals surface area contributed by atoms with Crippen molar-refractivity contribution in [2.75, 3.05) is 0 Å². The van der Waals surface area contributed by atoms with Crippen LogP contribution < -0.4 is 5.73 Å². The number of aliphatic carboxylic acids is 1. The third kappa shape index (κ3) is 4.79. The summed E-state index contributed by atoms with van der Waals surface area (Å²) in [7, 11) is 0. The van der Waals surface area contributed by atoms with Gasteiger partial charge in [0.2, 0.25) is 0 Å². The summed E-state index contributed by atoms with van der Waals surface area (Å²) in [6.07, 6.45) is 1.22. The first kappa shape index (κ1) is 14.1. The topological polar surface area (TPSA) is 63.3 Å². The lowest BCUT2D eigenvalue weighted by Crippen LogP contribution is -2.28. The van der Waals surface area contributed by atoms with Crippen molar-refractivity contribution in [1.29, 1.82) is 0 Å². The minimum atomic E-state index is -0.786. The molecule has 94 valence electrons. The van der Waals surface area contributed by atoms with E-state index in [2.05, 4.69) is 12.6 Å².